The van der Waals surface area contributed by atoms with Crippen molar-refractivity contribution in [3.05, 3.63) is 90.0 Å². The van der Waals surface area contributed by atoms with Crippen LogP contribution in [0, 0.1) is 11.3 Å². The van der Waals surface area contributed by atoms with Crippen LogP contribution in [0.4, 0.5) is 14.5 Å². The molecule has 0 aliphatic carbocycles. The van der Waals surface area contributed by atoms with Crippen LogP contribution in [0.15, 0.2) is 84.4 Å². The summed E-state index contributed by atoms with van der Waals surface area (Å²) in [5, 5.41) is 12.0. The molecule has 1 amide bonds. The Balaban J connectivity index is 1.76. The normalized spacial score (nSPS) is 10.9. The summed E-state index contributed by atoms with van der Waals surface area (Å²) in [7, 11) is 0. The van der Waals surface area contributed by atoms with E-state index in [2.05, 4.69) is 10.1 Å². The first kappa shape index (κ1) is 20.6. The second-order valence-corrected chi connectivity index (χ2v) is 5.98. The molecule has 0 saturated heterocycles. The van der Waals surface area contributed by atoms with Crippen molar-refractivity contribution in [1.82, 2.24) is 0 Å². The lowest BCUT2D eigenvalue weighted by atomic mass is 10.1. The highest BCUT2D eigenvalue weighted by molar-refractivity contribution is 6.10. The van der Waals surface area contributed by atoms with Crippen LogP contribution in [0.3, 0.4) is 0 Å². The molecule has 0 aromatic heterocycles. The second-order valence-electron chi connectivity index (χ2n) is 5.98. The lowest BCUT2D eigenvalue weighted by Crippen LogP contribution is -2.14. The SMILES string of the molecule is N#C/C(=C/c1ccc(OC(F)F)cc1)C(=O)Nc1ccccc1Oc1ccccc1. The summed E-state index contributed by atoms with van der Waals surface area (Å²) >= 11 is 0. The van der Waals surface area contributed by atoms with E-state index in [0.717, 1.165) is 0 Å². The van der Waals surface area contributed by atoms with Gasteiger partial charge in [0.25, 0.3) is 5.91 Å². The van der Waals surface area contributed by atoms with Crippen LogP contribution in [0.5, 0.6) is 17.2 Å². The van der Waals surface area contributed by atoms with Crippen LogP contribution in [0.25, 0.3) is 6.08 Å². The molecule has 30 heavy (non-hydrogen) atoms. The fourth-order valence-corrected chi connectivity index (χ4v) is 2.52. The molecule has 5 nitrogen and oxygen atoms in total. The van der Waals surface area contributed by atoms with E-state index in [1.165, 1.54) is 30.3 Å². The minimum Gasteiger partial charge on any atom is -0.455 e. The topological polar surface area (TPSA) is 71.3 Å². The van der Waals surface area contributed by atoms with Gasteiger partial charge in [0.2, 0.25) is 0 Å². The van der Waals surface area contributed by atoms with Gasteiger partial charge in [0.1, 0.15) is 23.1 Å². The number of nitrogens with one attached hydrogen (secondary N) is 1. The molecule has 3 rings (SSSR count). The number of nitrogens with zero attached hydrogens (tertiary/aromatic N) is 1. The third-order valence-electron chi connectivity index (χ3n) is 3.89. The summed E-state index contributed by atoms with van der Waals surface area (Å²) in [6.45, 7) is -2.93. The van der Waals surface area contributed by atoms with Crippen molar-refractivity contribution in [2.45, 2.75) is 6.61 Å². The highest BCUT2D eigenvalue weighted by Gasteiger charge is 2.13. The zero-order chi connectivity index (χ0) is 21.3. The molecular weight excluding hydrogens is 390 g/mol. The van der Waals surface area contributed by atoms with Gasteiger partial charge in [0.15, 0.2) is 5.75 Å². The second kappa shape index (κ2) is 9.85. The lowest BCUT2D eigenvalue weighted by Gasteiger charge is -2.12. The van der Waals surface area contributed by atoms with Gasteiger partial charge in [-0.05, 0) is 48.0 Å². The standard InChI is InChI=1S/C23H16F2N2O3/c24-23(25)30-19-12-10-16(11-13-19)14-17(15-26)22(28)27-20-8-4-5-9-21(20)29-18-6-2-1-3-7-18/h1-14,23H,(H,27,28)/b17-14-. The fraction of sp³-hybridized carbons (Fsp3) is 0.0435. The van der Waals surface area contributed by atoms with Crippen LogP contribution in [-0.2, 0) is 4.79 Å². The van der Waals surface area contributed by atoms with Gasteiger partial charge in [-0.1, -0.05) is 42.5 Å². The number of anilines is 1. The first-order chi connectivity index (χ1) is 14.5. The molecule has 150 valence electrons. The Morgan fingerprint density at radius 3 is 2.27 bits per heavy atom. The van der Waals surface area contributed by atoms with E-state index in [-0.39, 0.29) is 11.3 Å². The smallest absolute Gasteiger partial charge is 0.387 e. The van der Waals surface area contributed by atoms with E-state index < -0.39 is 12.5 Å². The summed E-state index contributed by atoms with van der Waals surface area (Å²) < 4.78 is 34.5. The number of para-hydroxylation sites is 3. The molecular formula is C23H16F2N2O3. The Labute approximate surface area is 171 Å². The van der Waals surface area contributed by atoms with E-state index in [0.29, 0.717) is 22.7 Å². The Morgan fingerprint density at radius 1 is 0.933 bits per heavy atom. The van der Waals surface area contributed by atoms with Crippen LogP contribution >= 0.6 is 0 Å². The third kappa shape index (κ3) is 5.66. The summed E-state index contributed by atoms with van der Waals surface area (Å²) in [6.07, 6.45) is 1.35. The van der Waals surface area contributed by atoms with Crippen molar-refractivity contribution in [2.75, 3.05) is 5.32 Å². The van der Waals surface area contributed by atoms with E-state index >= 15 is 0 Å². The fourth-order valence-electron chi connectivity index (χ4n) is 2.52. The first-order valence-electron chi connectivity index (χ1n) is 8.85. The van der Waals surface area contributed by atoms with E-state index in [1.54, 1.807) is 36.4 Å². The maximum absolute atomic E-state index is 12.6. The van der Waals surface area contributed by atoms with Crippen molar-refractivity contribution in [1.29, 1.82) is 5.26 Å². The molecule has 0 saturated carbocycles. The zero-order valence-electron chi connectivity index (χ0n) is 15.6. The molecule has 0 bridgehead atoms. The summed E-state index contributed by atoms with van der Waals surface area (Å²) in [6, 6.07) is 23.3. The molecule has 0 fully saturated rings. The Hall–Kier alpha value is -4.18. The molecule has 0 aliphatic heterocycles. The number of rotatable bonds is 7. The van der Waals surface area contributed by atoms with Crippen LogP contribution in [-0.4, -0.2) is 12.5 Å². The number of carbonyl (C=O) groups excluding carboxylic acids is 1. The van der Waals surface area contributed by atoms with Crippen LogP contribution in [0.2, 0.25) is 0 Å². The van der Waals surface area contributed by atoms with Crippen molar-refractivity contribution < 1.29 is 23.0 Å². The minimum atomic E-state index is -2.93. The highest BCUT2D eigenvalue weighted by Crippen LogP contribution is 2.29. The van der Waals surface area contributed by atoms with Gasteiger partial charge < -0.3 is 14.8 Å². The zero-order valence-corrected chi connectivity index (χ0v) is 15.6. The molecule has 0 radical (unpaired) electrons. The Bertz CT molecular complexity index is 1080. The minimum absolute atomic E-state index is 0.0166. The van der Waals surface area contributed by atoms with Gasteiger partial charge in [0, 0.05) is 0 Å². The maximum atomic E-state index is 12.6. The molecule has 0 unspecified atom stereocenters. The van der Waals surface area contributed by atoms with Crippen LogP contribution in [0.1, 0.15) is 5.56 Å². The number of benzene rings is 3. The largest absolute Gasteiger partial charge is 0.455 e. The summed E-state index contributed by atoms with van der Waals surface area (Å²) in [5.41, 5.74) is 0.720. The number of halogens is 2. The van der Waals surface area contributed by atoms with Gasteiger partial charge in [-0.15, -0.1) is 0 Å². The number of ether oxygens (including phenoxy) is 2. The van der Waals surface area contributed by atoms with Crippen molar-refractivity contribution >= 4 is 17.7 Å². The average molecular weight is 406 g/mol. The maximum Gasteiger partial charge on any atom is 0.387 e. The predicted octanol–water partition coefficient (Wildman–Crippen LogP) is 5.63. The van der Waals surface area contributed by atoms with Gasteiger partial charge in [0.05, 0.1) is 5.69 Å². The molecule has 0 aliphatic rings. The van der Waals surface area contributed by atoms with Crippen molar-refractivity contribution in [3.63, 3.8) is 0 Å². The molecule has 0 spiro atoms. The Morgan fingerprint density at radius 2 is 1.60 bits per heavy atom. The monoisotopic (exact) mass is 406 g/mol. The number of hydrogen-bond donors (Lipinski definition) is 1. The average Bonchev–Trinajstić information content (AvgIpc) is 2.75. The van der Waals surface area contributed by atoms with Gasteiger partial charge in [-0.25, -0.2) is 0 Å². The Kier molecular flexibility index (Phi) is 6.74. The van der Waals surface area contributed by atoms with Gasteiger partial charge >= 0.3 is 6.61 Å². The highest BCUT2D eigenvalue weighted by atomic mass is 19.3. The molecule has 7 heteroatoms. The molecule has 3 aromatic carbocycles. The first-order valence-corrected chi connectivity index (χ1v) is 8.85. The van der Waals surface area contributed by atoms with E-state index in [9.17, 15) is 18.8 Å². The lowest BCUT2D eigenvalue weighted by molar-refractivity contribution is -0.112. The number of nitriles is 1. The number of alkyl halides is 2. The predicted molar refractivity (Wildman–Crippen MR) is 108 cm³/mol. The number of hydrogen-bond acceptors (Lipinski definition) is 4. The van der Waals surface area contributed by atoms with Gasteiger partial charge in [-0.3, -0.25) is 4.79 Å². The third-order valence-corrected chi connectivity index (χ3v) is 3.89. The molecule has 0 atom stereocenters. The summed E-state index contributed by atoms with van der Waals surface area (Å²) in [4.78, 5) is 12.6. The number of carbonyl (C=O) groups is 1. The number of amides is 1. The molecule has 0 heterocycles. The quantitative estimate of drug-likeness (QED) is 0.408. The van der Waals surface area contributed by atoms with E-state index in [4.69, 9.17) is 4.74 Å². The van der Waals surface area contributed by atoms with Gasteiger partial charge in [-0.2, -0.15) is 14.0 Å². The summed E-state index contributed by atoms with van der Waals surface area (Å²) in [5.74, 6) is 0.371. The van der Waals surface area contributed by atoms with E-state index in [1.807, 2.05) is 24.3 Å². The molecule has 1 N–H and O–H groups in total. The van der Waals surface area contributed by atoms with Crippen molar-refractivity contribution in [3.8, 4) is 23.3 Å². The van der Waals surface area contributed by atoms with Crippen LogP contribution < -0.4 is 14.8 Å². The van der Waals surface area contributed by atoms with Crippen molar-refractivity contribution in [2.24, 2.45) is 0 Å². The molecule has 3 aromatic rings.